The van der Waals surface area contributed by atoms with Crippen LogP contribution in [0.5, 0.6) is 0 Å². The van der Waals surface area contributed by atoms with Gasteiger partial charge < -0.3 is 9.88 Å². The van der Waals surface area contributed by atoms with Gasteiger partial charge in [0.15, 0.2) is 0 Å². The third kappa shape index (κ3) is 3.31. The van der Waals surface area contributed by atoms with Crippen LogP contribution in [-0.4, -0.2) is 38.2 Å². The van der Waals surface area contributed by atoms with Gasteiger partial charge in [-0.05, 0) is 32.3 Å². The van der Waals surface area contributed by atoms with E-state index >= 15 is 0 Å². The fourth-order valence-electron chi connectivity index (χ4n) is 3.59. The lowest BCUT2D eigenvalue weighted by molar-refractivity contribution is -0.127. The maximum Gasteiger partial charge on any atom is 0.242 e. The van der Waals surface area contributed by atoms with Crippen molar-refractivity contribution in [1.82, 2.24) is 25.0 Å². The molecule has 1 amide bonds. The molecule has 0 unspecified atom stereocenters. The van der Waals surface area contributed by atoms with Crippen LogP contribution in [0.3, 0.4) is 0 Å². The average Bonchev–Trinajstić information content (AvgIpc) is 3.35. The van der Waals surface area contributed by atoms with Crippen LogP contribution in [0, 0.1) is 0 Å². The molecule has 1 aromatic heterocycles. The number of nitrogens with one attached hydrogen (secondary N) is 1. The summed E-state index contributed by atoms with van der Waals surface area (Å²) < 4.78 is 2.26. The Morgan fingerprint density at radius 2 is 1.92 bits per heavy atom. The number of rotatable bonds is 5. The molecule has 0 radical (unpaired) electrons. The Kier molecular flexibility index (Phi) is 4.29. The van der Waals surface area contributed by atoms with Crippen molar-refractivity contribution in [2.24, 2.45) is 0 Å². The van der Waals surface area contributed by atoms with E-state index < -0.39 is 0 Å². The first-order valence-electron chi connectivity index (χ1n) is 9.15. The van der Waals surface area contributed by atoms with Crippen molar-refractivity contribution in [3.63, 3.8) is 0 Å². The lowest BCUT2D eigenvalue weighted by Gasteiger charge is -2.34. The molecular weight excluding hydrogens is 314 g/mol. The summed E-state index contributed by atoms with van der Waals surface area (Å²) in [6.45, 7) is 6.33. The highest BCUT2D eigenvalue weighted by Gasteiger charge is 2.35. The van der Waals surface area contributed by atoms with Gasteiger partial charge in [0.1, 0.15) is 17.7 Å². The number of aromatic nitrogens is 3. The third-order valence-corrected chi connectivity index (χ3v) is 4.91. The minimum atomic E-state index is -0.293. The lowest BCUT2D eigenvalue weighted by Crippen LogP contribution is -2.45. The van der Waals surface area contributed by atoms with E-state index in [1.807, 2.05) is 44.2 Å². The second-order valence-electron chi connectivity index (χ2n) is 7.35. The van der Waals surface area contributed by atoms with Crippen LogP contribution in [0.1, 0.15) is 55.9 Å². The number of nitrogens with zero attached hydrogens (tertiary/aromatic N) is 4. The van der Waals surface area contributed by atoms with Crippen molar-refractivity contribution in [3.05, 3.63) is 47.5 Å². The number of benzene rings is 1. The van der Waals surface area contributed by atoms with E-state index in [0.29, 0.717) is 12.5 Å². The Balaban J connectivity index is 1.60. The van der Waals surface area contributed by atoms with Crippen molar-refractivity contribution < 1.29 is 4.79 Å². The molecular formula is C19H25N5O. The molecule has 2 aromatic rings. The number of amides is 1. The molecule has 1 N–H and O–H groups in total. The zero-order valence-electron chi connectivity index (χ0n) is 14.9. The van der Waals surface area contributed by atoms with Gasteiger partial charge in [-0.25, -0.2) is 0 Å². The quantitative estimate of drug-likeness (QED) is 0.907. The molecule has 6 nitrogen and oxygen atoms in total. The van der Waals surface area contributed by atoms with Crippen molar-refractivity contribution in [2.75, 3.05) is 6.54 Å². The van der Waals surface area contributed by atoms with Gasteiger partial charge in [-0.3, -0.25) is 9.69 Å². The fraction of sp³-hybridized carbons (Fsp3) is 0.526. The summed E-state index contributed by atoms with van der Waals surface area (Å²) in [5.74, 6) is 2.77. The molecule has 4 rings (SSSR count). The predicted octanol–water partition coefficient (Wildman–Crippen LogP) is 2.24. The van der Waals surface area contributed by atoms with Gasteiger partial charge in [0.2, 0.25) is 5.91 Å². The Labute approximate surface area is 148 Å². The zero-order valence-corrected chi connectivity index (χ0v) is 14.9. The van der Waals surface area contributed by atoms with Crippen molar-refractivity contribution >= 4 is 5.91 Å². The van der Waals surface area contributed by atoms with Crippen LogP contribution in [-0.2, 0) is 17.9 Å². The molecule has 0 saturated heterocycles. The van der Waals surface area contributed by atoms with E-state index in [0.717, 1.165) is 30.3 Å². The number of hydrogen-bond acceptors (Lipinski definition) is 4. The lowest BCUT2D eigenvalue weighted by atomic mass is 10.0. The smallest absolute Gasteiger partial charge is 0.242 e. The first kappa shape index (κ1) is 16.3. The van der Waals surface area contributed by atoms with E-state index in [1.165, 1.54) is 12.8 Å². The highest BCUT2D eigenvalue weighted by molar-refractivity contribution is 5.83. The summed E-state index contributed by atoms with van der Waals surface area (Å²) in [5, 5.41) is 11.9. The largest absolute Gasteiger partial charge is 0.352 e. The molecule has 1 fully saturated rings. The molecule has 1 aliphatic heterocycles. The molecule has 132 valence electrons. The maximum atomic E-state index is 12.9. The zero-order chi connectivity index (χ0) is 17.4. The summed E-state index contributed by atoms with van der Waals surface area (Å²) >= 11 is 0. The van der Waals surface area contributed by atoms with Crippen molar-refractivity contribution in [1.29, 1.82) is 0 Å². The Morgan fingerprint density at radius 1 is 1.16 bits per heavy atom. The van der Waals surface area contributed by atoms with Crippen LogP contribution < -0.4 is 5.32 Å². The van der Waals surface area contributed by atoms with Crippen LogP contribution in [0.15, 0.2) is 30.3 Å². The van der Waals surface area contributed by atoms with Gasteiger partial charge in [-0.15, -0.1) is 10.2 Å². The topological polar surface area (TPSA) is 63.1 Å². The van der Waals surface area contributed by atoms with E-state index in [4.69, 9.17) is 0 Å². The van der Waals surface area contributed by atoms with Gasteiger partial charge in [0, 0.05) is 25.0 Å². The van der Waals surface area contributed by atoms with Crippen LogP contribution in [0.25, 0.3) is 0 Å². The summed E-state index contributed by atoms with van der Waals surface area (Å²) in [4.78, 5) is 15.1. The summed E-state index contributed by atoms with van der Waals surface area (Å²) in [5.41, 5.74) is 1.02. The molecule has 2 heterocycles. The summed E-state index contributed by atoms with van der Waals surface area (Å²) in [6.07, 6.45) is 2.45. The summed E-state index contributed by atoms with van der Waals surface area (Å²) in [6, 6.07) is 9.84. The van der Waals surface area contributed by atoms with Gasteiger partial charge in [-0.2, -0.15) is 0 Å². The Morgan fingerprint density at radius 3 is 2.60 bits per heavy atom. The highest BCUT2D eigenvalue weighted by atomic mass is 16.2. The standard InChI is InChI=1S/C19H25N5O/c1-13(2)20-19(25)17(14-6-4-3-5-7-14)23-10-11-24-16(12-23)21-22-18(24)15-8-9-15/h3-7,13,15,17H,8-12H2,1-2H3,(H,20,25)/t17-/m1/s1. The van der Waals surface area contributed by atoms with Gasteiger partial charge in [0.05, 0.1) is 6.54 Å². The van der Waals surface area contributed by atoms with Gasteiger partial charge in [-0.1, -0.05) is 30.3 Å². The second kappa shape index (κ2) is 6.59. The molecule has 1 aromatic carbocycles. The number of carbonyl (C=O) groups excluding carboxylic acids is 1. The molecule has 0 bridgehead atoms. The normalized spacial score (nSPS) is 18.8. The molecule has 25 heavy (non-hydrogen) atoms. The minimum absolute atomic E-state index is 0.0524. The number of fused-ring (bicyclic) bond motifs is 1. The van der Waals surface area contributed by atoms with E-state index in [2.05, 4.69) is 25.0 Å². The van der Waals surface area contributed by atoms with Gasteiger partial charge in [0.25, 0.3) is 0 Å². The van der Waals surface area contributed by atoms with Crippen LogP contribution in [0.2, 0.25) is 0 Å². The van der Waals surface area contributed by atoms with E-state index in [9.17, 15) is 4.79 Å². The monoisotopic (exact) mass is 339 g/mol. The van der Waals surface area contributed by atoms with Gasteiger partial charge >= 0.3 is 0 Å². The maximum absolute atomic E-state index is 12.9. The van der Waals surface area contributed by atoms with E-state index in [-0.39, 0.29) is 18.0 Å². The molecule has 6 heteroatoms. The SMILES string of the molecule is CC(C)NC(=O)[C@@H](c1ccccc1)N1CCn2c(nnc2C2CC2)C1. The predicted molar refractivity (Wildman–Crippen MR) is 94.9 cm³/mol. The molecule has 1 atom stereocenters. The van der Waals surface area contributed by atoms with E-state index in [1.54, 1.807) is 0 Å². The third-order valence-electron chi connectivity index (χ3n) is 4.91. The molecule has 2 aliphatic rings. The first-order valence-corrected chi connectivity index (χ1v) is 9.15. The fourth-order valence-corrected chi connectivity index (χ4v) is 3.59. The number of carbonyl (C=O) groups is 1. The first-order chi connectivity index (χ1) is 12.1. The Bertz CT molecular complexity index is 750. The average molecular weight is 339 g/mol. The highest BCUT2D eigenvalue weighted by Crippen LogP contribution is 2.40. The van der Waals surface area contributed by atoms with Crippen molar-refractivity contribution in [2.45, 2.75) is 57.8 Å². The Hall–Kier alpha value is -2.21. The van der Waals surface area contributed by atoms with Crippen LogP contribution >= 0.6 is 0 Å². The van der Waals surface area contributed by atoms with Crippen LogP contribution in [0.4, 0.5) is 0 Å². The summed E-state index contributed by atoms with van der Waals surface area (Å²) in [7, 11) is 0. The second-order valence-corrected chi connectivity index (χ2v) is 7.35. The van der Waals surface area contributed by atoms with Crippen molar-refractivity contribution in [3.8, 4) is 0 Å². The molecule has 0 spiro atoms. The minimum Gasteiger partial charge on any atom is -0.352 e. The molecule has 1 saturated carbocycles. The number of hydrogen-bond donors (Lipinski definition) is 1. The molecule has 1 aliphatic carbocycles.